The Morgan fingerprint density at radius 1 is 1.09 bits per heavy atom. The molecule has 1 aliphatic rings. The lowest BCUT2D eigenvalue weighted by Gasteiger charge is -2.27. The van der Waals surface area contributed by atoms with Crippen molar-refractivity contribution in [2.75, 3.05) is 18.1 Å². The predicted molar refractivity (Wildman–Crippen MR) is 121 cm³/mol. The minimum Gasteiger partial charge on any atom is -0.484 e. The summed E-state index contributed by atoms with van der Waals surface area (Å²) in [6.07, 6.45) is -2.25. The summed E-state index contributed by atoms with van der Waals surface area (Å²) in [4.78, 5) is 42.1. The molecule has 2 heterocycles. The first kappa shape index (κ1) is 24.6. The maximum absolute atomic E-state index is 12.9. The highest BCUT2D eigenvalue weighted by atomic mass is 32.1. The van der Waals surface area contributed by atoms with E-state index in [1.807, 2.05) is 0 Å². The molecule has 0 radical (unpaired) electrons. The van der Waals surface area contributed by atoms with Gasteiger partial charge in [0.15, 0.2) is 17.6 Å². The molecule has 0 fully saturated rings. The summed E-state index contributed by atoms with van der Waals surface area (Å²) in [6, 6.07) is 3.36. The largest absolute Gasteiger partial charge is 0.484 e. The zero-order chi connectivity index (χ0) is 24.6. The van der Waals surface area contributed by atoms with Crippen molar-refractivity contribution >= 4 is 44.8 Å². The van der Waals surface area contributed by atoms with E-state index in [0.717, 1.165) is 16.2 Å². The van der Waals surface area contributed by atoms with Crippen LogP contribution in [0.15, 0.2) is 12.1 Å². The maximum atomic E-state index is 12.9. The summed E-state index contributed by atoms with van der Waals surface area (Å²) in [5.74, 6) is 0.474. The van der Waals surface area contributed by atoms with Gasteiger partial charge in [0.1, 0.15) is 29.1 Å². The fraction of sp³-hybridized carbons (Fsp3) is 0.545. The van der Waals surface area contributed by atoms with Crippen molar-refractivity contribution in [3.63, 3.8) is 0 Å². The Labute approximate surface area is 195 Å². The van der Waals surface area contributed by atoms with Gasteiger partial charge in [0.2, 0.25) is 5.13 Å². The number of esters is 1. The number of carbonyl (C=O) groups excluding carboxylic acids is 3. The van der Waals surface area contributed by atoms with Crippen molar-refractivity contribution in [2.45, 2.75) is 65.8 Å². The average Bonchev–Trinajstić information content (AvgIpc) is 3.07. The maximum Gasteiger partial charge on any atom is 0.426 e. The molecule has 2 amide bonds. The normalized spacial score (nSPS) is 15.7. The van der Waals surface area contributed by atoms with Crippen LogP contribution >= 0.6 is 11.3 Å². The summed E-state index contributed by atoms with van der Waals surface area (Å²) in [7, 11) is 0. The van der Waals surface area contributed by atoms with Crippen molar-refractivity contribution in [3.8, 4) is 11.5 Å². The lowest BCUT2D eigenvalue weighted by atomic mass is 10.2. The van der Waals surface area contributed by atoms with Crippen molar-refractivity contribution in [1.29, 1.82) is 0 Å². The molecular formula is C22H28N2O8S. The van der Waals surface area contributed by atoms with Crippen LogP contribution in [0.1, 0.15) is 48.5 Å². The first-order valence-corrected chi connectivity index (χ1v) is 11.2. The second kappa shape index (κ2) is 9.05. The van der Waals surface area contributed by atoms with Gasteiger partial charge >= 0.3 is 18.2 Å². The van der Waals surface area contributed by atoms with Gasteiger partial charge in [0.25, 0.3) is 0 Å². The number of thiazole rings is 1. The van der Waals surface area contributed by atoms with Crippen LogP contribution in [-0.4, -0.2) is 53.7 Å². The first-order chi connectivity index (χ1) is 15.2. The van der Waals surface area contributed by atoms with Gasteiger partial charge in [0, 0.05) is 6.92 Å². The van der Waals surface area contributed by atoms with Gasteiger partial charge < -0.3 is 23.7 Å². The lowest BCUT2D eigenvalue weighted by Crippen LogP contribution is -2.43. The van der Waals surface area contributed by atoms with Gasteiger partial charge in [-0.1, -0.05) is 11.3 Å². The quantitative estimate of drug-likeness (QED) is 0.456. The van der Waals surface area contributed by atoms with Crippen molar-refractivity contribution in [2.24, 2.45) is 0 Å². The zero-order valence-corrected chi connectivity index (χ0v) is 20.5. The number of nitrogens with zero attached hydrogens (tertiary/aromatic N) is 2. The van der Waals surface area contributed by atoms with Crippen LogP contribution < -0.4 is 14.4 Å². The number of hydrogen-bond acceptors (Lipinski definition) is 10. The Bertz CT molecular complexity index is 1040. The minimum absolute atomic E-state index is 0.0613. The van der Waals surface area contributed by atoms with Crippen LogP contribution in [0.2, 0.25) is 0 Å². The molecule has 3 rings (SSSR count). The SMILES string of the molecule is CC(=O)OC[C@H]1COc2c(ccc3nc(N(C(=O)OC(C)(C)C)C(=O)OC(C)(C)C)sc23)O1. The number of carbonyl (C=O) groups is 3. The molecule has 0 N–H and O–H groups in total. The van der Waals surface area contributed by atoms with Gasteiger partial charge in [-0.2, -0.15) is 4.90 Å². The van der Waals surface area contributed by atoms with Crippen molar-refractivity contribution < 1.29 is 38.1 Å². The lowest BCUT2D eigenvalue weighted by molar-refractivity contribution is -0.144. The minimum atomic E-state index is -0.900. The van der Waals surface area contributed by atoms with E-state index in [9.17, 15) is 14.4 Å². The number of fused-ring (bicyclic) bond motifs is 3. The second-order valence-corrected chi connectivity index (χ2v) is 10.4. The molecular weight excluding hydrogens is 452 g/mol. The first-order valence-electron chi connectivity index (χ1n) is 10.4. The third kappa shape index (κ3) is 6.25. The fourth-order valence-electron chi connectivity index (χ4n) is 2.79. The number of rotatable bonds is 3. The average molecular weight is 481 g/mol. The molecule has 0 bridgehead atoms. The highest BCUT2D eigenvalue weighted by Crippen LogP contribution is 2.44. The van der Waals surface area contributed by atoms with E-state index in [2.05, 4.69) is 4.98 Å². The second-order valence-electron chi connectivity index (χ2n) is 9.39. The number of anilines is 1. The van der Waals surface area contributed by atoms with Crippen LogP contribution in [0, 0.1) is 0 Å². The molecule has 180 valence electrons. The highest BCUT2D eigenvalue weighted by molar-refractivity contribution is 7.23. The van der Waals surface area contributed by atoms with Crippen LogP contribution in [0.5, 0.6) is 11.5 Å². The van der Waals surface area contributed by atoms with Crippen LogP contribution in [0.25, 0.3) is 10.2 Å². The van der Waals surface area contributed by atoms with Gasteiger partial charge in [-0.05, 0) is 53.7 Å². The summed E-state index contributed by atoms with van der Waals surface area (Å²) in [6.45, 7) is 11.7. The Hall–Kier alpha value is -3.08. The highest BCUT2D eigenvalue weighted by Gasteiger charge is 2.36. The van der Waals surface area contributed by atoms with Gasteiger partial charge in [0.05, 0.1) is 5.52 Å². The number of benzene rings is 1. The van der Waals surface area contributed by atoms with E-state index in [0.29, 0.717) is 21.7 Å². The monoisotopic (exact) mass is 480 g/mol. The molecule has 11 heteroatoms. The third-order valence-electron chi connectivity index (χ3n) is 3.99. The summed E-state index contributed by atoms with van der Waals surface area (Å²) in [5.41, 5.74) is -1.16. The molecule has 2 aromatic rings. The summed E-state index contributed by atoms with van der Waals surface area (Å²) >= 11 is 1.07. The van der Waals surface area contributed by atoms with Gasteiger partial charge in [-0.25, -0.2) is 14.6 Å². The molecule has 1 aliphatic heterocycles. The number of hydrogen-bond donors (Lipinski definition) is 0. The standard InChI is InChI=1S/C22H28N2O8S/c1-12(25)28-10-13-11-29-16-15(30-13)9-8-14-17(16)33-18(23-14)24(19(26)31-21(2,3)4)20(27)32-22(5,6)7/h8-9,13H,10-11H2,1-7H3/t13-/m0/s1. The van der Waals surface area contributed by atoms with E-state index >= 15 is 0 Å². The molecule has 1 aromatic heterocycles. The van der Waals surface area contributed by atoms with E-state index in [-0.39, 0.29) is 18.3 Å². The molecule has 1 aromatic carbocycles. The predicted octanol–water partition coefficient (Wildman–Crippen LogP) is 4.68. The van der Waals surface area contributed by atoms with E-state index in [4.69, 9.17) is 23.7 Å². The number of ether oxygens (including phenoxy) is 5. The molecule has 33 heavy (non-hydrogen) atoms. The summed E-state index contributed by atoms with van der Waals surface area (Å²) < 4.78 is 28.1. The zero-order valence-electron chi connectivity index (χ0n) is 19.7. The Morgan fingerprint density at radius 2 is 1.70 bits per heavy atom. The van der Waals surface area contributed by atoms with Gasteiger partial charge in [-0.15, -0.1) is 0 Å². The molecule has 0 saturated heterocycles. The Morgan fingerprint density at radius 3 is 2.24 bits per heavy atom. The smallest absolute Gasteiger partial charge is 0.426 e. The van der Waals surface area contributed by atoms with Crippen LogP contribution in [0.4, 0.5) is 14.7 Å². The van der Waals surface area contributed by atoms with Crippen molar-refractivity contribution in [1.82, 2.24) is 4.98 Å². The van der Waals surface area contributed by atoms with Crippen molar-refractivity contribution in [3.05, 3.63) is 12.1 Å². The Kier molecular flexibility index (Phi) is 6.73. The molecule has 0 saturated carbocycles. The number of imide groups is 1. The molecule has 0 aliphatic carbocycles. The Balaban J connectivity index is 1.95. The summed E-state index contributed by atoms with van der Waals surface area (Å²) in [5, 5.41) is 0.0764. The molecule has 10 nitrogen and oxygen atoms in total. The van der Waals surface area contributed by atoms with E-state index in [1.54, 1.807) is 53.7 Å². The van der Waals surface area contributed by atoms with Crippen LogP contribution in [-0.2, 0) is 19.0 Å². The molecule has 0 unspecified atom stereocenters. The van der Waals surface area contributed by atoms with E-state index in [1.165, 1.54) is 6.92 Å². The van der Waals surface area contributed by atoms with Crippen LogP contribution in [0.3, 0.4) is 0 Å². The topological polar surface area (TPSA) is 113 Å². The van der Waals surface area contributed by atoms with Gasteiger partial charge in [-0.3, -0.25) is 4.79 Å². The molecule has 0 spiro atoms. The number of amides is 2. The van der Waals surface area contributed by atoms with E-state index < -0.39 is 35.5 Å². The number of aromatic nitrogens is 1. The fourth-order valence-corrected chi connectivity index (χ4v) is 3.83. The third-order valence-corrected chi connectivity index (χ3v) is 5.04. The molecule has 1 atom stereocenters.